The molecule has 0 radical (unpaired) electrons. The molecule has 2 nitrogen and oxygen atoms in total. The molecule has 3 heteroatoms. The van der Waals surface area contributed by atoms with Crippen LogP contribution in [0.1, 0.15) is 15.9 Å². The van der Waals surface area contributed by atoms with Gasteiger partial charge in [-0.1, -0.05) is 28.1 Å². The third-order valence-electron chi connectivity index (χ3n) is 1.94. The van der Waals surface area contributed by atoms with E-state index in [1.165, 1.54) is 0 Å². The molecule has 1 aromatic rings. The first-order valence-corrected chi connectivity index (χ1v) is 4.48. The Labute approximate surface area is 83.6 Å². The summed E-state index contributed by atoms with van der Waals surface area (Å²) >= 11 is 3.28. The van der Waals surface area contributed by atoms with Gasteiger partial charge in [0.05, 0.1) is 0 Å². The Hall–Kier alpha value is -1.40. The minimum absolute atomic E-state index is 0.190. The van der Waals surface area contributed by atoms with Gasteiger partial charge in [-0.25, -0.2) is 0 Å². The second-order valence-corrected chi connectivity index (χ2v) is 3.56. The lowest BCUT2D eigenvalue weighted by Crippen LogP contribution is -1.97. The number of Topliss-reactive ketones (excluding diaryl/α,β-unsaturated/α-hetero) is 1. The number of carbonyl (C=O) groups excluding carboxylic acids is 1. The van der Waals surface area contributed by atoms with E-state index in [1.54, 1.807) is 12.1 Å². The number of allylic oxidation sites excluding steroid dienone is 1. The Bertz CT molecular complexity index is 468. The molecule has 0 saturated heterocycles. The maximum absolute atomic E-state index is 11.5. The van der Waals surface area contributed by atoms with Gasteiger partial charge in [-0.3, -0.25) is 4.79 Å². The second-order valence-electron chi connectivity index (χ2n) is 2.70. The van der Waals surface area contributed by atoms with E-state index in [4.69, 9.17) is 5.26 Å². The lowest BCUT2D eigenvalue weighted by Gasteiger charge is -1.98. The van der Waals surface area contributed by atoms with Crippen LogP contribution in [0.4, 0.5) is 0 Å². The number of carbonyl (C=O) groups is 1. The number of hydrogen-bond donors (Lipinski definition) is 0. The van der Waals surface area contributed by atoms with Crippen molar-refractivity contribution < 1.29 is 4.79 Å². The van der Waals surface area contributed by atoms with E-state index in [1.807, 2.05) is 18.2 Å². The standard InChI is InChI=1S/C10H4BrNO/c11-8-3-1-2-6-4-7(5-12)10(13)9(6)8/h1-4H. The van der Waals surface area contributed by atoms with E-state index in [-0.39, 0.29) is 11.4 Å². The molecule has 0 amide bonds. The van der Waals surface area contributed by atoms with Crippen molar-refractivity contribution in [1.29, 1.82) is 5.26 Å². The molecule has 0 spiro atoms. The van der Waals surface area contributed by atoms with Crippen LogP contribution in [0, 0.1) is 11.3 Å². The summed E-state index contributed by atoms with van der Waals surface area (Å²) in [6, 6.07) is 7.34. The number of halogens is 1. The first-order chi connectivity index (χ1) is 6.24. The highest BCUT2D eigenvalue weighted by Crippen LogP contribution is 2.30. The van der Waals surface area contributed by atoms with Gasteiger partial charge in [0, 0.05) is 10.0 Å². The zero-order valence-corrected chi connectivity index (χ0v) is 8.13. The van der Waals surface area contributed by atoms with Crippen LogP contribution < -0.4 is 0 Å². The van der Waals surface area contributed by atoms with E-state index in [0.29, 0.717) is 5.56 Å². The molecule has 0 heterocycles. The lowest BCUT2D eigenvalue weighted by molar-refractivity contribution is 0.104. The van der Waals surface area contributed by atoms with Crippen molar-refractivity contribution in [3.63, 3.8) is 0 Å². The predicted molar refractivity (Wildman–Crippen MR) is 52.1 cm³/mol. The highest BCUT2D eigenvalue weighted by Gasteiger charge is 2.24. The Morgan fingerprint density at radius 1 is 1.38 bits per heavy atom. The zero-order chi connectivity index (χ0) is 9.42. The molecule has 0 unspecified atom stereocenters. The normalized spacial score (nSPS) is 13.5. The van der Waals surface area contributed by atoms with E-state index >= 15 is 0 Å². The highest BCUT2D eigenvalue weighted by molar-refractivity contribution is 9.10. The Kier molecular flexibility index (Phi) is 1.78. The van der Waals surface area contributed by atoms with Gasteiger partial charge in [0.1, 0.15) is 11.6 Å². The molecular weight excluding hydrogens is 230 g/mol. The van der Waals surface area contributed by atoms with Gasteiger partial charge < -0.3 is 0 Å². The van der Waals surface area contributed by atoms with E-state index in [2.05, 4.69) is 15.9 Å². The van der Waals surface area contributed by atoms with Crippen molar-refractivity contribution in [3.8, 4) is 6.07 Å². The highest BCUT2D eigenvalue weighted by atomic mass is 79.9. The Balaban J connectivity index is 2.69. The van der Waals surface area contributed by atoms with E-state index < -0.39 is 0 Å². The largest absolute Gasteiger partial charge is 0.288 e. The minimum atomic E-state index is -0.190. The van der Waals surface area contributed by atoms with Crippen LogP contribution >= 0.6 is 15.9 Å². The van der Waals surface area contributed by atoms with Crippen molar-refractivity contribution in [2.24, 2.45) is 0 Å². The number of nitrogens with zero attached hydrogens (tertiary/aromatic N) is 1. The van der Waals surface area contributed by atoms with Crippen molar-refractivity contribution in [3.05, 3.63) is 39.4 Å². The first-order valence-electron chi connectivity index (χ1n) is 3.69. The van der Waals surface area contributed by atoms with Crippen LogP contribution in [0.15, 0.2) is 28.2 Å². The van der Waals surface area contributed by atoms with Crippen molar-refractivity contribution in [2.45, 2.75) is 0 Å². The summed E-state index contributed by atoms with van der Waals surface area (Å²) < 4.78 is 0.747. The van der Waals surface area contributed by atoms with Crippen LogP contribution in [0.2, 0.25) is 0 Å². The zero-order valence-electron chi connectivity index (χ0n) is 6.54. The third kappa shape index (κ3) is 1.11. The van der Waals surface area contributed by atoms with Crippen molar-refractivity contribution in [2.75, 3.05) is 0 Å². The van der Waals surface area contributed by atoms with Gasteiger partial charge in [0.15, 0.2) is 0 Å². The molecule has 0 aliphatic heterocycles. The number of ketones is 1. The minimum Gasteiger partial charge on any atom is -0.288 e. The maximum atomic E-state index is 11.5. The van der Waals surface area contributed by atoms with Crippen LogP contribution in [0.3, 0.4) is 0 Å². The molecule has 2 rings (SSSR count). The summed E-state index contributed by atoms with van der Waals surface area (Å²) in [4.78, 5) is 11.5. The van der Waals surface area contributed by atoms with Crippen molar-refractivity contribution >= 4 is 27.8 Å². The molecule has 13 heavy (non-hydrogen) atoms. The SMILES string of the molecule is N#CC1=Cc2cccc(Br)c2C1=O. The summed E-state index contributed by atoms with van der Waals surface area (Å²) in [6.07, 6.45) is 1.61. The Morgan fingerprint density at radius 3 is 2.77 bits per heavy atom. The van der Waals surface area contributed by atoms with E-state index in [9.17, 15) is 4.79 Å². The summed E-state index contributed by atoms with van der Waals surface area (Å²) in [5.74, 6) is -0.190. The monoisotopic (exact) mass is 233 g/mol. The van der Waals surface area contributed by atoms with Crippen LogP contribution in [-0.4, -0.2) is 5.78 Å². The fourth-order valence-electron chi connectivity index (χ4n) is 1.34. The summed E-state index contributed by atoms with van der Waals surface area (Å²) in [5, 5.41) is 8.65. The fraction of sp³-hybridized carbons (Fsp3) is 0. The van der Waals surface area contributed by atoms with E-state index in [0.717, 1.165) is 10.0 Å². The van der Waals surface area contributed by atoms with Crippen LogP contribution in [0.5, 0.6) is 0 Å². The maximum Gasteiger partial charge on any atom is 0.205 e. The molecule has 0 N–H and O–H groups in total. The van der Waals surface area contributed by atoms with Gasteiger partial charge >= 0.3 is 0 Å². The van der Waals surface area contributed by atoms with Crippen LogP contribution in [-0.2, 0) is 0 Å². The average Bonchev–Trinajstić information content (AvgIpc) is 2.44. The third-order valence-corrected chi connectivity index (χ3v) is 2.60. The molecule has 0 saturated carbocycles. The van der Waals surface area contributed by atoms with Crippen LogP contribution in [0.25, 0.3) is 6.08 Å². The molecule has 0 aromatic heterocycles. The number of benzene rings is 1. The summed E-state index contributed by atoms with van der Waals surface area (Å²) in [5.41, 5.74) is 1.62. The quantitative estimate of drug-likeness (QED) is 0.692. The molecule has 0 fully saturated rings. The smallest absolute Gasteiger partial charge is 0.205 e. The molecular formula is C10H4BrNO. The molecule has 1 aromatic carbocycles. The second kappa shape index (κ2) is 2.82. The lowest BCUT2D eigenvalue weighted by atomic mass is 10.1. The molecule has 0 bridgehead atoms. The van der Waals surface area contributed by atoms with Gasteiger partial charge in [-0.05, 0) is 17.7 Å². The Morgan fingerprint density at radius 2 is 2.15 bits per heavy atom. The summed E-state index contributed by atoms with van der Waals surface area (Å²) in [7, 11) is 0. The topological polar surface area (TPSA) is 40.9 Å². The van der Waals surface area contributed by atoms with Gasteiger partial charge in [-0.15, -0.1) is 0 Å². The van der Waals surface area contributed by atoms with Gasteiger partial charge in [-0.2, -0.15) is 5.26 Å². The number of nitriles is 1. The van der Waals surface area contributed by atoms with Crippen molar-refractivity contribution in [1.82, 2.24) is 0 Å². The molecule has 1 aliphatic carbocycles. The first kappa shape index (κ1) is 8.21. The van der Waals surface area contributed by atoms with Gasteiger partial charge in [0.25, 0.3) is 0 Å². The predicted octanol–water partition coefficient (Wildman–Crippen LogP) is 2.55. The number of fused-ring (bicyclic) bond motifs is 1. The molecule has 0 atom stereocenters. The number of rotatable bonds is 0. The molecule has 1 aliphatic rings. The number of hydrogen-bond acceptors (Lipinski definition) is 2. The molecule has 62 valence electrons. The fourth-order valence-corrected chi connectivity index (χ4v) is 1.90. The van der Waals surface area contributed by atoms with Gasteiger partial charge in [0.2, 0.25) is 5.78 Å². The summed E-state index contributed by atoms with van der Waals surface area (Å²) in [6.45, 7) is 0. The average molecular weight is 234 g/mol.